The van der Waals surface area contributed by atoms with Crippen LogP contribution in [0.5, 0.6) is 0 Å². The minimum Gasteiger partial charge on any atom is -0.469 e. The van der Waals surface area contributed by atoms with Crippen molar-refractivity contribution in [1.29, 1.82) is 0 Å². The molecule has 1 heterocycles. The highest BCUT2D eigenvalue weighted by atomic mass is 28.4. The molecule has 0 radical (unpaired) electrons. The maximum atomic E-state index is 11.7. The number of hydrogen-bond acceptors (Lipinski definition) is 5. The molecule has 0 saturated heterocycles. The Labute approximate surface area is 186 Å². The lowest BCUT2D eigenvalue weighted by Gasteiger charge is -2.44. The van der Waals surface area contributed by atoms with Crippen molar-refractivity contribution in [3.63, 3.8) is 0 Å². The molecule has 0 spiro atoms. The zero-order valence-corrected chi connectivity index (χ0v) is 19.8. The van der Waals surface area contributed by atoms with Crippen LogP contribution in [0.15, 0.2) is 72.8 Å². The van der Waals surface area contributed by atoms with E-state index in [0.29, 0.717) is 6.61 Å². The van der Waals surface area contributed by atoms with Gasteiger partial charge in [-0.1, -0.05) is 93.6 Å². The van der Waals surface area contributed by atoms with Gasteiger partial charge in [-0.2, -0.15) is 0 Å². The van der Waals surface area contributed by atoms with Crippen molar-refractivity contribution in [2.75, 3.05) is 13.7 Å². The summed E-state index contributed by atoms with van der Waals surface area (Å²) in [7, 11) is -1.30. The van der Waals surface area contributed by atoms with E-state index in [1.807, 2.05) is 24.3 Å². The maximum Gasteiger partial charge on any atom is 0.308 e. The lowest BCUT2D eigenvalue weighted by molar-refractivity contribution is -0.144. The summed E-state index contributed by atoms with van der Waals surface area (Å²) in [5, 5.41) is 2.29. The Hall–Kier alpha value is -2.25. The second-order valence-corrected chi connectivity index (χ2v) is 13.2. The molecule has 0 fully saturated rings. The lowest BCUT2D eigenvalue weighted by atomic mass is 10.1. The normalized spacial score (nSPS) is 21.6. The second kappa shape index (κ2) is 9.91. The van der Waals surface area contributed by atoms with Crippen LogP contribution in [0.4, 0.5) is 0 Å². The van der Waals surface area contributed by atoms with Gasteiger partial charge in [0.15, 0.2) is 0 Å². The summed E-state index contributed by atoms with van der Waals surface area (Å²) < 4.78 is 17.9. The Bertz CT molecular complexity index is 840. The zero-order valence-electron chi connectivity index (χ0n) is 18.8. The van der Waals surface area contributed by atoms with Crippen LogP contribution in [0.3, 0.4) is 0 Å². The van der Waals surface area contributed by atoms with Crippen molar-refractivity contribution in [2.24, 2.45) is 5.73 Å². The molecule has 1 aliphatic rings. The van der Waals surface area contributed by atoms with Crippen LogP contribution in [0.2, 0.25) is 5.04 Å². The number of carbonyl (C=O) groups excluding carboxylic acids is 1. The third kappa shape index (κ3) is 5.15. The first-order valence-corrected chi connectivity index (χ1v) is 12.6. The molecule has 0 aliphatic carbocycles. The molecular weight excluding hydrogens is 406 g/mol. The molecule has 2 aromatic carbocycles. The molecule has 5 nitrogen and oxygen atoms in total. The van der Waals surface area contributed by atoms with Crippen molar-refractivity contribution in [3.8, 4) is 0 Å². The summed E-state index contributed by atoms with van der Waals surface area (Å²) in [5.41, 5.74) is 6.33. The zero-order chi connectivity index (χ0) is 22.5. The van der Waals surface area contributed by atoms with Gasteiger partial charge in [-0.25, -0.2) is 0 Å². The van der Waals surface area contributed by atoms with Crippen LogP contribution in [-0.4, -0.2) is 46.3 Å². The number of ether oxygens (including phenoxy) is 2. The van der Waals surface area contributed by atoms with Gasteiger partial charge in [-0.15, -0.1) is 0 Å². The van der Waals surface area contributed by atoms with Crippen LogP contribution >= 0.6 is 0 Å². The molecule has 3 rings (SSSR count). The van der Waals surface area contributed by atoms with Gasteiger partial charge < -0.3 is 19.6 Å². The monoisotopic (exact) mass is 439 g/mol. The maximum absolute atomic E-state index is 11.7. The number of esters is 1. The van der Waals surface area contributed by atoms with Crippen molar-refractivity contribution < 1.29 is 18.7 Å². The van der Waals surface area contributed by atoms with Crippen LogP contribution in [-0.2, 0) is 18.7 Å². The van der Waals surface area contributed by atoms with E-state index in [1.165, 1.54) is 17.5 Å². The molecule has 3 atom stereocenters. The smallest absolute Gasteiger partial charge is 0.308 e. The number of hydrogen-bond donors (Lipinski definition) is 1. The quantitative estimate of drug-likeness (QED) is 0.408. The Morgan fingerprint density at radius 2 is 1.55 bits per heavy atom. The predicted octanol–water partition coefficient (Wildman–Crippen LogP) is 2.78. The van der Waals surface area contributed by atoms with E-state index < -0.39 is 8.32 Å². The fraction of sp³-hybridized carbons (Fsp3) is 0.400. The van der Waals surface area contributed by atoms with Gasteiger partial charge in [0.05, 0.1) is 38.4 Å². The van der Waals surface area contributed by atoms with Gasteiger partial charge in [0, 0.05) is 0 Å². The van der Waals surface area contributed by atoms with Gasteiger partial charge in [-0.3, -0.25) is 4.79 Å². The summed E-state index contributed by atoms with van der Waals surface area (Å²) >= 11 is 0. The van der Waals surface area contributed by atoms with Gasteiger partial charge in [0.2, 0.25) is 0 Å². The van der Waals surface area contributed by atoms with Crippen molar-refractivity contribution in [3.05, 3.63) is 72.8 Å². The minimum atomic E-state index is -2.68. The molecule has 1 aliphatic heterocycles. The second-order valence-electron chi connectivity index (χ2n) is 8.93. The molecule has 2 aromatic rings. The van der Waals surface area contributed by atoms with Crippen LogP contribution in [0.25, 0.3) is 0 Å². The Morgan fingerprint density at radius 3 is 2.03 bits per heavy atom. The van der Waals surface area contributed by atoms with Crippen LogP contribution in [0, 0.1) is 0 Å². The molecule has 2 N–H and O–H groups in total. The predicted molar refractivity (Wildman–Crippen MR) is 126 cm³/mol. The van der Waals surface area contributed by atoms with Crippen molar-refractivity contribution in [2.45, 2.75) is 50.5 Å². The molecule has 0 unspecified atom stereocenters. The minimum absolute atomic E-state index is 0.129. The van der Waals surface area contributed by atoms with E-state index in [9.17, 15) is 4.79 Å². The third-order valence-electron chi connectivity index (χ3n) is 5.80. The highest BCUT2D eigenvalue weighted by Gasteiger charge is 2.50. The third-order valence-corrected chi connectivity index (χ3v) is 10.8. The highest BCUT2D eigenvalue weighted by Crippen LogP contribution is 2.37. The Morgan fingerprint density at radius 1 is 1.00 bits per heavy atom. The van der Waals surface area contributed by atoms with Crippen molar-refractivity contribution >= 4 is 24.7 Å². The largest absolute Gasteiger partial charge is 0.469 e. The Kier molecular flexibility index (Phi) is 7.49. The van der Waals surface area contributed by atoms with Crippen LogP contribution in [0.1, 0.15) is 27.2 Å². The number of nitrogens with two attached hydrogens (primary N) is 1. The van der Waals surface area contributed by atoms with Gasteiger partial charge in [-0.05, 0) is 15.4 Å². The van der Waals surface area contributed by atoms with E-state index in [0.717, 1.165) is 0 Å². The fourth-order valence-corrected chi connectivity index (χ4v) is 8.79. The van der Waals surface area contributed by atoms with Gasteiger partial charge >= 0.3 is 5.97 Å². The first-order valence-electron chi connectivity index (χ1n) is 10.7. The molecule has 6 heteroatoms. The number of methoxy groups -OCH3 is 1. The van der Waals surface area contributed by atoms with Gasteiger partial charge in [0.25, 0.3) is 8.32 Å². The van der Waals surface area contributed by atoms with E-state index in [1.54, 1.807) is 0 Å². The van der Waals surface area contributed by atoms with E-state index in [4.69, 9.17) is 19.6 Å². The topological polar surface area (TPSA) is 70.8 Å². The highest BCUT2D eigenvalue weighted by molar-refractivity contribution is 6.99. The number of benzene rings is 2. The standard InChI is InChI=1S/C25H33NO4Si/c1-25(2,3)31(20-11-7-5-8-12-20,21-13-9-6-10-14-21)29-18-23-22(26)16-15-19(30-23)17-24(27)28-4/h5-16,19,22-23H,17-18,26H2,1-4H3/t19-,22-,23+/m1/s1. The first-order chi connectivity index (χ1) is 14.8. The number of rotatable bonds is 7. The summed E-state index contributed by atoms with van der Waals surface area (Å²) in [6.45, 7) is 7.05. The average molecular weight is 440 g/mol. The summed E-state index contributed by atoms with van der Waals surface area (Å²) in [6, 6.07) is 20.6. The fourth-order valence-electron chi connectivity index (χ4n) is 4.22. The van der Waals surface area contributed by atoms with Gasteiger partial charge in [0.1, 0.15) is 0 Å². The molecular formula is C25H33NO4Si. The van der Waals surface area contributed by atoms with E-state index >= 15 is 0 Å². The van der Waals surface area contributed by atoms with E-state index in [2.05, 4.69) is 69.3 Å². The molecule has 31 heavy (non-hydrogen) atoms. The first kappa shape index (κ1) is 23.4. The number of carbonyl (C=O) groups is 1. The SMILES string of the molecule is COC(=O)C[C@H]1C=C[C@@H](N)[C@H](CO[Si](c2ccccc2)(c2ccccc2)C(C)(C)C)O1. The van der Waals surface area contributed by atoms with Crippen molar-refractivity contribution in [1.82, 2.24) is 0 Å². The molecule has 0 aromatic heterocycles. The summed E-state index contributed by atoms with van der Waals surface area (Å²) in [5.74, 6) is -0.309. The average Bonchev–Trinajstić information content (AvgIpc) is 2.76. The van der Waals surface area contributed by atoms with E-state index in [-0.39, 0.29) is 35.7 Å². The molecule has 166 valence electrons. The van der Waals surface area contributed by atoms with Crippen LogP contribution < -0.4 is 16.1 Å². The summed E-state index contributed by atoms with van der Waals surface area (Å²) in [6.07, 6.45) is 3.19. The summed E-state index contributed by atoms with van der Waals surface area (Å²) in [4.78, 5) is 11.7. The lowest BCUT2D eigenvalue weighted by Crippen LogP contribution is -2.67. The molecule has 0 bridgehead atoms. The molecule has 0 saturated carbocycles. The molecule has 0 amide bonds. The Balaban J connectivity index is 1.93.